The highest BCUT2D eigenvalue weighted by Gasteiger charge is 2.36. The molecule has 1 heterocycles. The SMILES string of the molecule is COc1cc(OC)cc(C(=O)NN2C[C@@H](C(=O)OCC(=O)Nc3ccc(C(C)=O)cc3)CC2=O)c1. The summed E-state index contributed by atoms with van der Waals surface area (Å²) in [6.07, 6.45) is -0.172. The number of ketones is 1. The Labute approximate surface area is 201 Å². The smallest absolute Gasteiger partial charge is 0.311 e. The number of benzene rings is 2. The molecule has 184 valence electrons. The molecule has 1 saturated heterocycles. The molecular weight excluding hydrogens is 458 g/mol. The van der Waals surface area contributed by atoms with E-state index in [1.807, 2.05) is 0 Å². The summed E-state index contributed by atoms with van der Waals surface area (Å²) < 4.78 is 15.3. The first kappa shape index (κ1) is 25.2. The van der Waals surface area contributed by atoms with Gasteiger partial charge < -0.3 is 19.5 Å². The molecule has 0 bridgehead atoms. The highest BCUT2D eigenvalue weighted by molar-refractivity contribution is 5.98. The molecule has 0 saturated carbocycles. The summed E-state index contributed by atoms with van der Waals surface area (Å²) in [6.45, 7) is 0.788. The number of ether oxygens (including phenoxy) is 3. The third-order valence-electron chi connectivity index (χ3n) is 5.23. The zero-order valence-electron chi connectivity index (χ0n) is 19.5. The van der Waals surface area contributed by atoms with E-state index in [1.54, 1.807) is 30.3 Å². The third kappa shape index (κ3) is 6.56. The molecule has 1 aliphatic heterocycles. The molecule has 3 rings (SSSR count). The van der Waals surface area contributed by atoms with Crippen molar-refractivity contribution in [1.82, 2.24) is 10.4 Å². The Morgan fingerprint density at radius 1 is 0.971 bits per heavy atom. The van der Waals surface area contributed by atoms with Crippen molar-refractivity contribution in [3.63, 3.8) is 0 Å². The minimum absolute atomic E-state index is 0.0986. The molecule has 11 nitrogen and oxygen atoms in total. The lowest BCUT2D eigenvalue weighted by Crippen LogP contribution is -2.43. The van der Waals surface area contributed by atoms with Gasteiger partial charge in [0.15, 0.2) is 12.4 Å². The lowest BCUT2D eigenvalue weighted by molar-refractivity contribution is -0.151. The summed E-state index contributed by atoms with van der Waals surface area (Å²) >= 11 is 0. The number of esters is 1. The monoisotopic (exact) mass is 483 g/mol. The van der Waals surface area contributed by atoms with Crippen molar-refractivity contribution in [1.29, 1.82) is 0 Å². The van der Waals surface area contributed by atoms with E-state index in [1.165, 1.54) is 33.3 Å². The van der Waals surface area contributed by atoms with Crippen LogP contribution in [0, 0.1) is 5.92 Å². The number of anilines is 1. The summed E-state index contributed by atoms with van der Waals surface area (Å²) in [4.78, 5) is 60.7. The maximum atomic E-state index is 12.6. The molecule has 0 unspecified atom stereocenters. The normalized spacial score (nSPS) is 14.8. The van der Waals surface area contributed by atoms with E-state index >= 15 is 0 Å². The van der Waals surface area contributed by atoms with Crippen LogP contribution in [0.3, 0.4) is 0 Å². The van der Waals surface area contributed by atoms with Crippen molar-refractivity contribution in [2.24, 2.45) is 5.92 Å². The number of carbonyl (C=O) groups excluding carboxylic acids is 5. The Morgan fingerprint density at radius 2 is 1.60 bits per heavy atom. The molecule has 0 spiro atoms. The number of nitrogens with one attached hydrogen (secondary N) is 2. The maximum absolute atomic E-state index is 12.6. The van der Waals surface area contributed by atoms with Crippen molar-refractivity contribution >= 4 is 35.2 Å². The standard InChI is InChI=1S/C24H25N3O8/c1-14(28)15-4-6-18(7-5-15)25-21(29)13-35-24(32)17-10-22(30)27(12-17)26-23(31)16-8-19(33-2)11-20(9-16)34-3/h4-9,11,17H,10,12-13H2,1-3H3,(H,25,29)(H,26,31)/t17-/m0/s1. The summed E-state index contributed by atoms with van der Waals surface area (Å²) in [6, 6.07) is 10.8. The minimum atomic E-state index is -0.842. The van der Waals surface area contributed by atoms with E-state index in [-0.39, 0.29) is 24.3 Å². The minimum Gasteiger partial charge on any atom is -0.497 e. The molecule has 1 fully saturated rings. The molecule has 0 radical (unpaired) electrons. The van der Waals surface area contributed by atoms with Gasteiger partial charge in [-0.15, -0.1) is 0 Å². The number of hydrazine groups is 1. The van der Waals surface area contributed by atoms with Gasteiger partial charge in [0, 0.05) is 29.3 Å². The molecule has 2 aromatic carbocycles. The van der Waals surface area contributed by atoms with Crippen LogP contribution < -0.4 is 20.2 Å². The predicted molar refractivity (Wildman–Crippen MR) is 123 cm³/mol. The van der Waals surface area contributed by atoms with Crippen LogP contribution in [0.15, 0.2) is 42.5 Å². The van der Waals surface area contributed by atoms with Gasteiger partial charge in [-0.1, -0.05) is 0 Å². The molecule has 1 atom stereocenters. The van der Waals surface area contributed by atoms with Crippen molar-refractivity contribution in [2.45, 2.75) is 13.3 Å². The second kappa shape index (κ2) is 11.1. The maximum Gasteiger partial charge on any atom is 0.311 e. The van der Waals surface area contributed by atoms with Gasteiger partial charge in [-0.05, 0) is 43.3 Å². The number of methoxy groups -OCH3 is 2. The zero-order valence-corrected chi connectivity index (χ0v) is 19.5. The van der Waals surface area contributed by atoms with Gasteiger partial charge in [0.05, 0.1) is 26.7 Å². The molecule has 2 N–H and O–H groups in total. The summed E-state index contributed by atoms with van der Waals surface area (Å²) in [7, 11) is 2.89. The van der Waals surface area contributed by atoms with Gasteiger partial charge in [-0.25, -0.2) is 0 Å². The van der Waals surface area contributed by atoms with Crippen LogP contribution in [0.2, 0.25) is 0 Å². The fourth-order valence-electron chi connectivity index (χ4n) is 3.34. The van der Waals surface area contributed by atoms with Crippen molar-refractivity contribution in [2.75, 3.05) is 32.7 Å². The molecule has 0 aliphatic carbocycles. The van der Waals surface area contributed by atoms with Crippen LogP contribution >= 0.6 is 0 Å². The molecule has 35 heavy (non-hydrogen) atoms. The average Bonchev–Trinajstić information content (AvgIpc) is 3.22. The number of nitrogens with zero attached hydrogens (tertiary/aromatic N) is 1. The number of amides is 3. The second-order valence-corrected chi connectivity index (χ2v) is 7.74. The first-order chi connectivity index (χ1) is 16.7. The van der Waals surface area contributed by atoms with Crippen LogP contribution in [0.4, 0.5) is 5.69 Å². The fraction of sp³-hybridized carbons (Fsp3) is 0.292. The Kier molecular flexibility index (Phi) is 8.03. The number of carbonyl (C=O) groups is 5. The van der Waals surface area contributed by atoms with Crippen LogP contribution in [0.1, 0.15) is 34.1 Å². The van der Waals surface area contributed by atoms with E-state index in [9.17, 15) is 24.0 Å². The lowest BCUT2D eigenvalue weighted by Gasteiger charge is -2.18. The fourth-order valence-corrected chi connectivity index (χ4v) is 3.34. The van der Waals surface area contributed by atoms with Crippen LogP contribution in [0.25, 0.3) is 0 Å². The summed E-state index contributed by atoms with van der Waals surface area (Å²) in [5, 5.41) is 3.59. The van der Waals surface area contributed by atoms with E-state index in [2.05, 4.69) is 10.7 Å². The Balaban J connectivity index is 1.50. The third-order valence-corrected chi connectivity index (χ3v) is 5.23. The van der Waals surface area contributed by atoms with Crippen LogP contribution in [0.5, 0.6) is 11.5 Å². The van der Waals surface area contributed by atoms with Crippen LogP contribution in [-0.4, -0.2) is 61.9 Å². The molecule has 1 aliphatic rings. The van der Waals surface area contributed by atoms with Crippen molar-refractivity contribution < 1.29 is 38.2 Å². The van der Waals surface area contributed by atoms with Gasteiger partial charge in [0.25, 0.3) is 11.8 Å². The van der Waals surface area contributed by atoms with Gasteiger partial charge in [0.1, 0.15) is 11.5 Å². The van der Waals surface area contributed by atoms with Crippen molar-refractivity contribution in [3.05, 3.63) is 53.6 Å². The van der Waals surface area contributed by atoms with Crippen molar-refractivity contribution in [3.8, 4) is 11.5 Å². The van der Waals surface area contributed by atoms with E-state index in [4.69, 9.17) is 14.2 Å². The summed E-state index contributed by atoms with van der Waals surface area (Å²) in [5.41, 5.74) is 3.61. The number of rotatable bonds is 9. The number of hydrogen-bond donors (Lipinski definition) is 2. The van der Waals surface area contributed by atoms with Gasteiger partial charge >= 0.3 is 5.97 Å². The molecule has 11 heteroatoms. The molecule has 0 aromatic heterocycles. The Morgan fingerprint density at radius 3 is 2.17 bits per heavy atom. The lowest BCUT2D eigenvalue weighted by atomic mass is 10.1. The number of Topliss-reactive ketones (excluding diaryl/α,β-unsaturated/α-hetero) is 1. The highest BCUT2D eigenvalue weighted by atomic mass is 16.5. The zero-order chi connectivity index (χ0) is 25.5. The Bertz CT molecular complexity index is 1120. The topological polar surface area (TPSA) is 140 Å². The average molecular weight is 483 g/mol. The Hall–Kier alpha value is -4.41. The predicted octanol–water partition coefficient (Wildman–Crippen LogP) is 1.58. The quantitative estimate of drug-likeness (QED) is 0.405. The number of hydrogen-bond acceptors (Lipinski definition) is 8. The van der Waals surface area contributed by atoms with Gasteiger partial charge in [0.2, 0.25) is 5.91 Å². The highest BCUT2D eigenvalue weighted by Crippen LogP contribution is 2.23. The first-order valence-corrected chi connectivity index (χ1v) is 10.6. The van der Waals surface area contributed by atoms with Crippen LogP contribution in [-0.2, 0) is 19.1 Å². The molecular formula is C24H25N3O8. The van der Waals surface area contributed by atoms with E-state index < -0.39 is 36.2 Å². The second-order valence-electron chi connectivity index (χ2n) is 7.74. The first-order valence-electron chi connectivity index (χ1n) is 10.6. The van der Waals surface area contributed by atoms with E-state index in [0.29, 0.717) is 22.7 Å². The van der Waals surface area contributed by atoms with Gasteiger partial charge in [-0.3, -0.25) is 34.4 Å². The largest absolute Gasteiger partial charge is 0.497 e. The summed E-state index contributed by atoms with van der Waals surface area (Å²) in [5.74, 6) is -2.50. The van der Waals surface area contributed by atoms with E-state index in [0.717, 1.165) is 5.01 Å². The molecule has 3 amide bonds. The van der Waals surface area contributed by atoms with Gasteiger partial charge in [-0.2, -0.15) is 0 Å². The molecule has 2 aromatic rings.